The summed E-state index contributed by atoms with van der Waals surface area (Å²) in [7, 11) is 0. The molecule has 0 radical (unpaired) electrons. The molecule has 0 N–H and O–H groups in total. The number of hydrogen-bond acceptors (Lipinski definition) is 2. The molecule has 0 saturated heterocycles. The second kappa shape index (κ2) is 5.88. The Morgan fingerprint density at radius 3 is 2.94 bits per heavy atom. The summed E-state index contributed by atoms with van der Waals surface area (Å²) in [4.78, 5) is 5.85. The summed E-state index contributed by atoms with van der Waals surface area (Å²) in [5, 5.41) is 0.529. The molecule has 1 aliphatic heterocycles. The average Bonchev–Trinajstić information content (AvgIpc) is 2.28. The van der Waals surface area contributed by atoms with E-state index in [2.05, 4.69) is 43.5 Å². The van der Waals surface area contributed by atoms with Crippen LogP contribution in [0, 0.1) is 0 Å². The summed E-state index contributed by atoms with van der Waals surface area (Å²) >= 11 is 11.5. The van der Waals surface area contributed by atoms with Crippen LogP contribution < -0.4 is 0 Å². The van der Waals surface area contributed by atoms with Crippen LogP contribution in [-0.2, 0) is 0 Å². The Kier molecular flexibility index (Phi) is 4.66. The highest BCUT2D eigenvalue weighted by Gasteiger charge is 2.24. The minimum Gasteiger partial charge on any atom is -0.337 e. The Bertz CT molecular complexity index is 521. The van der Waals surface area contributed by atoms with Crippen molar-refractivity contribution in [1.82, 2.24) is 9.88 Å². The standard InChI is InChI=1S/C12H10BrClFIN2/c1-7(12-10(14)4-8(13)6-17-12)18-3-2-9(16)5-11(18)15/h2-7,11H,1H3. The first-order valence-corrected chi connectivity index (χ1v) is 7.52. The lowest BCUT2D eigenvalue weighted by atomic mass is 10.1. The van der Waals surface area contributed by atoms with E-state index < -0.39 is 6.30 Å². The van der Waals surface area contributed by atoms with E-state index in [1.165, 1.54) is 0 Å². The van der Waals surface area contributed by atoms with E-state index >= 15 is 0 Å². The fourth-order valence-electron chi connectivity index (χ4n) is 1.73. The van der Waals surface area contributed by atoms with Gasteiger partial charge in [0.1, 0.15) is 0 Å². The zero-order chi connectivity index (χ0) is 13.3. The first-order chi connectivity index (χ1) is 8.49. The number of aromatic nitrogens is 1. The number of halogens is 4. The molecule has 2 unspecified atom stereocenters. The molecular weight excluding hydrogens is 433 g/mol. The van der Waals surface area contributed by atoms with Crippen LogP contribution in [0.5, 0.6) is 0 Å². The van der Waals surface area contributed by atoms with E-state index in [0.717, 1.165) is 8.05 Å². The van der Waals surface area contributed by atoms with Crippen LogP contribution in [0.2, 0.25) is 5.02 Å². The van der Waals surface area contributed by atoms with E-state index in [4.69, 9.17) is 11.6 Å². The maximum absolute atomic E-state index is 14.0. The Morgan fingerprint density at radius 1 is 1.61 bits per heavy atom. The van der Waals surface area contributed by atoms with E-state index in [-0.39, 0.29) is 6.04 Å². The first kappa shape index (κ1) is 14.3. The monoisotopic (exact) mass is 442 g/mol. The first-order valence-electron chi connectivity index (χ1n) is 5.27. The second-order valence-corrected chi connectivity index (χ2v) is 6.45. The number of rotatable bonds is 2. The third-order valence-electron chi connectivity index (χ3n) is 2.67. The predicted octanol–water partition coefficient (Wildman–Crippen LogP) is 5.00. The van der Waals surface area contributed by atoms with Gasteiger partial charge in [-0.2, -0.15) is 0 Å². The molecule has 2 heterocycles. The molecule has 0 aromatic carbocycles. The molecule has 1 aromatic rings. The summed E-state index contributed by atoms with van der Waals surface area (Å²) in [6.45, 7) is 1.88. The van der Waals surface area contributed by atoms with Crippen molar-refractivity contribution in [2.45, 2.75) is 19.3 Å². The van der Waals surface area contributed by atoms with Crippen LogP contribution in [-0.4, -0.2) is 16.2 Å². The summed E-state index contributed by atoms with van der Waals surface area (Å²) in [6, 6.07) is 1.54. The second-order valence-electron chi connectivity index (χ2n) is 3.88. The zero-order valence-corrected chi connectivity index (χ0v) is 13.9. The van der Waals surface area contributed by atoms with E-state index in [1.54, 1.807) is 29.4 Å². The number of alkyl halides is 1. The molecule has 2 nitrogen and oxygen atoms in total. The highest BCUT2D eigenvalue weighted by Crippen LogP contribution is 2.32. The molecule has 2 atom stereocenters. The van der Waals surface area contributed by atoms with Crippen molar-refractivity contribution in [3.05, 3.63) is 49.4 Å². The Labute approximate surface area is 132 Å². The molecule has 0 amide bonds. The topological polar surface area (TPSA) is 16.1 Å². The predicted molar refractivity (Wildman–Crippen MR) is 83.3 cm³/mol. The number of hydrogen-bond donors (Lipinski definition) is 0. The van der Waals surface area contributed by atoms with Gasteiger partial charge in [0.25, 0.3) is 0 Å². The van der Waals surface area contributed by atoms with Gasteiger partial charge >= 0.3 is 0 Å². The van der Waals surface area contributed by atoms with Crippen molar-refractivity contribution in [2.24, 2.45) is 0 Å². The zero-order valence-electron chi connectivity index (χ0n) is 9.45. The average molecular weight is 443 g/mol. The van der Waals surface area contributed by atoms with Crippen LogP contribution in [0.1, 0.15) is 18.7 Å². The highest BCUT2D eigenvalue weighted by atomic mass is 127. The van der Waals surface area contributed by atoms with Gasteiger partial charge in [-0.05, 0) is 63.7 Å². The Morgan fingerprint density at radius 2 is 2.33 bits per heavy atom. The van der Waals surface area contributed by atoms with E-state index in [1.807, 2.05) is 13.0 Å². The number of nitrogens with zero attached hydrogens (tertiary/aromatic N) is 2. The maximum atomic E-state index is 14.0. The van der Waals surface area contributed by atoms with E-state index in [9.17, 15) is 4.39 Å². The number of pyridine rings is 1. The van der Waals surface area contributed by atoms with Gasteiger partial charge in [0.15, 0.2) is 6.30 Å². The maximum Gasteiger partial charge on any atom is 0.192 e. The molecule has 0 fully saturated rings. The van der Waals surface area contributed by atoms with Gasteiger partial charge in [0, 0.05) is 20.4 Å². The third-order valence-corrected chi connectivity index (χ3v) is 4.12. The molecule has 0 saturated carbocycles. The molecule has 1 aliphatic rings. The largest absolute Gasteiger partial charge is 0.337 e. The lowest BCUT2D eigenvalue weighted by molar-refractivity contribution is 0.133. The quantitative estimate of drug-likeness (QED) is 0.472. The van der Waals surface area contributed by atoms with Gasteiger partial charge in [-0.1, -0.05) is 11.6 Å². The molecule has 18 heavy (non-hydrogen) atoms. The van der Waals surface area contributed by atoms with Crippen molar-refractivity contribution in [2.75, 3.05) is 0 Å². The van der Waals surface area contributed by atoms with Crippen LogP contribution in [0.4, 0.5) is 4.39 Å². The molecule has 0 aliphatic carbocycles. The van der Waals surface area contributed by atoms with Crippen molar-refractivity contribution in [3.8, 4) is 0 Å². The van der Waals surface area contributed by atoms with Gasteiger partial charge in [-0.3, -0.25) is 4.98 Å². The van der Waals surface area contributed by atoms with Gasteiger partial charge in [-0.15, -0.1) is 0 Å². The van der Waals surface area contributed by atoms with E-state index in [0.29, 0.717) is 10.7 Å². The van der Waals surface area contributed by atoms with Crippen LogP contribution in [0.15, 0.2) is 38.7 Å². The molecule has 0 bridgehead atoms. The number of allylic oxidation sites excluding steroid dienone is 2. The summed E-state index contributed by atoms with van der Waals surface area (Å²) in [6.07, 6.45) is 5.66. The third kappa shape index (κ3) is 3.05. The fourth-order valence-corrected chi connectivity index (χ4v) is 2.97. The van der Waals surface area contributed by atoms with Gasteiger partial charge in [-0.25, -0.2) is 4.39 Å². The molecular formula is C12H10BrClFIN2. The fraction of sp³-hybridized carbons (Fsp3) is 0.250. The Hall–Kier alpha value is -0.140. The van der Waals surface area contributed by atoms with Crippen molar-refractivity contribution in [3.63, 3.8) is 0 Å². The van der Waals surface area contributed by atoms with Crippen LogP contribution in [0.25, 0.3) is 0 Å². The smallest absolute Gasteiger partial charge is 0.192 e. The summed E-state index contributed by atoms with van der Waals surface area (Å²) in [5.41, 5.74) is 0.664. The lowest BCUT2D eigenvalue weighted by Crippen LogP contribution is -2.30. The van der Waals surface area contributed by atoms with Crippen molar-refractivity contribution >= 4 is 50.1 Å². The summed E-state index contributed by atoms with van der Waals surface area (Å²) in [5.74, 6) is 0. The normalized spacial score (nSPS) is 20.8. The molecule has 6 heteroatoms. The van der Waals surface area contributed by atoms with Crippen LogP contribution in [0.3, 0.4) is 0 Å². The van der Waals surface area contributed by atoms with Crippen molar-refractivity contribution < 1.29 is 4.39 Å². The SMILES string of the molecule is CC(c1ncc(Br)cc1Cl)N1C=CC(I)=CC1F. The van der Waals surface area contributed by atoms with Crippen molar-refractivity contribution in [1.29, 1.82) is 0 Å². The van der Waals surface area contributed by atoms with Gasteiger partial charge in [0.2, 0.25) is 0 Å². The minimum absolute atomic E-state index is 0.224. The van der Waals surface area contributed by atoms with Gasteiger partial charge in [0.05, 0.1) is 16.8 Å². The molecule has 0 spiro atoms. The highest BCUT2D eigenvalue weighted by molar-refractivity contribution is 14.1. The summed E-state index contributed by atoms with van der Waals surface area (Å²) < 4.78 is 15.7. The minimum atomic E-state index is -1.15. The lowest BCUT2D eigenvalue weighted by Gasteiger charge is -2.31. The van der Waals surface area contributed by atoms with Gasteiger partial charge < -0.3 is 4.90 Å². The molecule has 1 aromatic heterocycles. The van der Waals surface area contributed by atoms with Crippen LogP contribution >= 0.6 is 50.1 Å². The Balaban J connectivity index is 2.27. The molecule has 2 rings (SSSR count). The molecule has 96 valence electrons.